The van der Waals surface area contributed by atoms with Crippen molar-refractivity contribution in [1.82, 2.24) is 4.90 Å². The molecule has 0 aromatic rings. The number of carbonyl (C=O) groups excluding carboxylic acids is 1. The first-order valence-electron chi connectivity index (χ1n) is 6.28. The molecule has 1 saturated heterocycles. The van der Waals surface area contributed by atoms with Crippen LogP contribution in [0.4, 0.5) is 0 Å². The number of rotatable bonds is 3. The van der Waals surface area contributed by atoms with Gasteiger partial charge in [0.2, 0.25) is 5.91 Å². The number of nitrogens with two attached hydrogens (primary N) is 1. The Labute approximate surface area is 97.1 Å². The van der Waals surface area contributed by atoms with Crippen LogP contribution in [0.3, 0.4) is 0 Å². The summed E-state index contributed by atoms with van der Waals surface area (Å²) in [7, 11) is 1.84. The number of hydrogen-bond donors (Lipinski definition) is 1. The molecule has 0 spiro atoms. The fourth-order valence-corrected chi connectivity index (χ4v) is 2.49. The lowest BCUT2D eigenvalue weighted by Gasteiger charge is -2.40. The smallest absolute Gasteiger partial charge is 0.242 e. The summed E-state index contributed by atoms with van der Waals surface area (Å²) in [6.07, 6.45) is 6.38. The average molecular weight is 226 g/mol. The molecular weight excluding hydrogens is 204 g/mol. The number of carbonyl (C=O) groups is 1. The Morgan fingerprint density at radius 1 is 1.44 bits per heavy atom. The van der Waals surface area contributed by atoms with Gasteiger partial charge in [-0.05, 0) is 38.5 Å². The van der Waals surface area contributed by atoms with Gasteiger partial charge in [-0.1, -0.05) is 0 Å². The molecule has 2 fully saturated rings. The second kappa shape index (κ2) is 4.72. The number of ether oxygens (including phenoxy) is 1. The normalized spacial score (nSPS) is 28.2. The summed E-state index contributed by atoms with van der Waals surface area (Å²) in [5.74, 6) is 0.0907. The van der Waals surface area contributed by atoms with E-state index in [4.69, 9.17) is 10.5 Å². The summed E-state index contributed by atoms with van der Waals surface area (Å²) in [6.45, 7) is 1.53. The maximum atomic E-state index is 12.1. The van der Waals surface area contributed by atoms with E-state index in [0.29, 0.717) is 6.54 Å². The molecule has 16 heavy (non-hydrogen) atoms. The molecule has 1 aliphatic heterocycles. The molecule has 4 nitrogen and oxygen atoms in total. The van der Waals surface area contributed by atoms with Gasteiger partial charge in [-0.3, -0.25) is 4.79 Å². The molecule has 1 atom stereocenters. The quantitative estimate of drug-likeness (QED) is 0.777. The highest BCUT2D eigenvalue weighted by molar-refractivity contribution is 5.86. The minimum absolute atomic E-state index is 0.0907. The second-order valence-electron chi connectivity index (χ2n) is 5.18. The van der Waals surface area contributed by atoms with Gasteiger partial charge in [-0.25, -0.2) is 0 Å². The molecule has 2 rings (SSSR count). The lowest BCUT2D eigenvalue weighted by Crippen LogP contribution is -2.59. The molecular formula is C12H22N2O2. The predicted molar refractivity (Wildman–Crippen MR) is 62.0 cm³/mol. The van der Waals surface area contributed by atoms with Crippen molar-refractivity contribution in [3.63, 3.8) is 0 Å². The van der Waals surface area contributed by atoms with Crippen molar-refractivity contribution in [2.24, 2.45) is 5.73 Å². The molecule has 2 aliphatic rings. The van der Waals surface area contributed by atoms with Crippen LogP contribution in [0, 0.1) is 0 Å². The Bertz CT molecular complexity index is 258. The third-order valence-corrected chi connectivity index (χ3v) is 3.77. The van der Waals surface area contributed by atoms with Crippen LogP contribution >= 0.6 is 0 Å². The Hall–Kier alpha value is -0.610. The van der Waals surface area contributed by atoms with Gasteiger partial charge < -0.3 is 15.4 Å². The lowest BCUT2D eigenvalue weighted by molar-refractivity contribution is -0.141. The molecule has 0 radical (unpaired) electrons. The van der Waals surface area contributed by atoms with Crippen molar-refractivity contribution in [3.05, 3.63) is 0 Å². The van der Waals surface area contributed by atoms with E-state index in [-0.39, 0.29) is 12.0 Å². The summed E-state index contributed by atoms with van der Waals surface area (Å²) in [6, 6.07) is 0. The van der Waals surface area contributed by atoms with E-state index in [1.807, 2.05) is 7.05 Å². The molecule has 1 heterocycles. The monoisotopic (exact) mass is 226 g/mol. The summed E-state index contributed by atoms with van der Waals surface area (Å²) in [5.41, 5.74) is 5.45. The zero-order valence-electron chi connectivity index (χ0n) is 10.1. The summed E-state index contributed by atoms with van der Waals surface area (Å²) < 4.78 is 5.63. The lowest BCUT2D eigenvalue weighted by atomic mass is 9.76. The molecule has 2 N–H and O–H groups in total. The molecule has 1 amide bonds. The van der Waals surface area contributed by atoms with E-state index in [9.17, 15) is 4.79 Å². The van der Waals surface area contributed by atoms with Gasteiger partial charge in [0.25, 0.3) is 0 Å². The Kier molecular flexibility index (Phi) is 3.50. The summed E-state index contributed by atoms with van der Waals surface area (Å²) in [5, 5.41) is 0. The van der Waals surface area contributed by atoms with E-state index < -0.39 is 5.54 Å². The summed E-state index contributed by atoms with van der Waals surface area (Å²) >= 11 is 0. The molecule has 0 aromatic carbocycles. The minimum Gasteiger partial charge on any atom is -0.376 e. The zero-order valence-corrected chi connectivity index (χ0v) is 10.1. The van der Waals surface area contributed by atoms with Gasteiger partial charge in [0, 0.05) is 20.2 Å². The van der Waals surface area contributed by atoms with E-state index in [2.05, 4.69) is 0 Å². The topological polar surface area (TPSA) is 55.6 Å². The van der Waals surface area contributed by atoms with Crippen LogP contribution in [0.25, 0.3) is 0 Å². The van der Waals surface area contributed by atoms with Crippen LogP contribution in [0.1, 0.15) is 38.5 Å². The van der Waals surface area contributed by atoms with E-state index in [0.717, 1.165) is 38.7 Å². The van der Waals surface area contributed by atoms with E-state index >= 15 is 0 Å². The summed E-state index contributed by atoms with van der Waals surface area (Å²) in [4.78, 5) is 13.8. The molecule has 4 heteroatoms. The van der Waals surface area contributed by atoms with Crippen LogP contribution in [-0.4, -0.2) is 42.6 Å². The van der Waals surface area contributed by atoms with Crippen LogP contribution in [0.15, 0.2) is 0 Å². The largest absolute Gasteiger partial charge is 0.376 e. The highest BCUT2D eigenvalue weighted by Gasteiger charge is 2.42. The van der Waals surface area contributed by atoms with Gasteiger partial charge in [-0.15, -0.1) is 0 Å². The fraction of sp³-hybridized carbons (Fsp3) is 0.917. The van der Waals surface area contributed by atoms with Crippen molar-refractivity contribution in [1.29, 1.82) is 0 Å². The maximum Gasteiger partial charge on any atom is 0.242 e. The second-order valence-corrected chi connectivity index (χ2v) is 5.18. The Balaban J connectivity index is 1.82. The highest BCUT2D eigenvalue weighted by Crippen LogP contribution is 2.30. The Morgan fingerprint density at radius 3 is 2.69 bits per heavy atom. The van der Waals surface area contributed by atoms with Crippen LogP contribution in [0.2, 0.25) is 0 Å². The molecule has 92 valence electrons. The van der Waals surface area contributed by atoms with Gasteiger partial charge in [-0.2, -0.15) is 0 Å². The van der Waals surface area contributed by atoms with Crippen molar-refractivity contribution in [2.45, 2.75) is 50.2 Å². The van der Waals surface area contributed by atoms with Crippen molar-refractivity contribution >= 4 is 5.91 Å². The first kappa shape index (κ1) is 11.9. The third-order valence-electron chi connectivity index (χ3n) is 3.77. The molecule has 1 saturated carbocycles. The number of nitrogens with zero attached hydrogens (tertiary/aromatic N) is 1. The van der Waals surface area contributed by atoms with Gasteiger partial charge >= 0.3 is 0 Å². The standard InChI is InChI=1S/C12H22N2O2/c1-14(9-10-5-2-3-8-16-10)11(15)12(13)6-4-7-12/h10H,2-9,13H2,1H3. The number of likely N-dealkylation sites (N-methyl/N-ethyl adjacent to an activating group) is 1. The maximum absolute atomic E-state index is 12.1. The van der Waals surface area contributed by atoms with E-state index in [1.54, 1.807) is 4.90 Å². The SMILES string of the molecule is CN(CC1CCCCO1)C(=O)C1(N)CCC1. The minimum atomic E-state index is -0.566. The highest BCUT2D eigenvalue weighted by atomic mass is 16.5. The first-order valence-corrected chi connectivity index (χ1v) is 6.28. The van der Waals surface area contributed by atoms with Gasteiger partial charge in [0.05, 0.1) is 11.6 Å². The van der Waals surface area contributed by atoms with Crippen LogP contribution in [0.5, 0.6) is 0 Å². The zero-order chi connectivity index (χ0) is 11.6. The fourth-order valence-electron chi connectivity index (χ4n) is 2.49. The molecule has 1 unspecified atom stereocenters. The third kappa shape index (κ3) is 2.38. The van der Waals surface area contributed by atoms with Crippen LogP contribution < -0.4 is 5.73 Å². The van der Waals surface area contributed by atoms with Crippen molar-refractivity contribution in [2.75, 3.05) is 20.2 Å². The molecule has 1 aliphatic carbocycles. The number of hydrogen-bond acceptors (Lipinski definition) is 3. The van der Waals surface area contributed by atoms with Crippen molar-refractivity contribution < 1.29 is 9.53 Å². The number of amides is 1. The Morgan fingerprint density at radius 2 is 2.19 bits per heavy atom. The average Bonchev–Trinajstić information content (AvgIpc) is 2.26. The predicted octanol–water partition coefficient (Wildman–Crippen LogP) is 0.895. The molecule has 0 aromatic heterocycles. The van der Waals surface area contributed by atoms with Crippen LogP contribution in [-0.2, 0) is 9.53 Å². The van der Waals surface area contributed by atoms with Crippen molar-refractivity contribution in [3.8, 4) is 0 Å². The van der Waals surface area contributed by atoms with Gasteiger partial charge in [0.1, 0.15) is 0 Å². The first-order chi connectivity index (χ1) is 7.62. The molecule has 0 bridgehead atoms. The van der Waals surface area contributed by atoms with Gasteiger partial charge in [0.15, 0.2) is 0 Å². The van der Waals surface area contributed by atoms with E-state index in [1.165, 1.54) is 6.42 Å².